The third kappa shape index (κ3) is 3.52. The number of hydrogen-bond acceptors (Lipinski definition) is 1. The number of fused-ring (bicyclic) bond motifs is 1. The van der Waals surface area contributed by atoms with Gasteiger partial charge in [0, 0.05) is 10.9 Å². The van der Waals surface area contributed by atoms with E-state index in [1.54, 1.807) is 0 Å². The summed E-state index contributed by atoms with van der Waals surface area (Å²) in [5, 5.41) is 2.80. The molecule has 0 aliphatic heterocycles. The Kier molecular flexibility index (Phi) is 4.68. The molecule has 0 bridgehead atoms. The minimum atomic E-state index is -1.58. The minimum absolute atomic E-state index is 1.05. The smallest absolute Gasteiger partial charge is 0.0793 e. The summed E-state index contributed by atoms with van der Waals surface area (Å²) in [4.78, 5) is 5.06. The Morgan fingerprint density at radius 1 is 0.679 bits per heavy atom. The van der Waals surface area contributed by atoms with Crippen LogP contribution in [-0.2, 0) is 0 Å². The summed E-state index contributed by atoms with van der Waals surface area (Å²) in [6, 6.07) is 26.3. The van der Waals surface area contributed by atoms with Crippen molar-refractivity contribution in [2.24, 2.45) is 0 Å². The van der Waals surface area contributed by atoms with Gasteiger partial charge >= 0.3 is 0 Å². The first kappa shape index (κ1) is 18.6. The maximum absolute atomic E-state index is 5.06. The summed E-state index contributed by atoms with van der Waals surface area (Å²) in [6.45, 7) is 11.6. The molecule has 2 heteroatoms. The van der Waals surface area contributed by atoms with E-state index in [1.807, 2.05) is 0 Å². The molecule has 0 unspecified atom stereocenters. The monoisotopic (exact) mass is 381 g/mol. The Bertz CT molecular complexity index is 1130. The van der Waals surface area contributed by atoms with E-state index in [0.717, 1.165) is 11.2 Å². The van der Waals surface area contributed by atoms with Gasteiger partial charge < -0.3 is 0 Å². The molecule has 0 fully saturated rings. The van der Waals surface area contributed by atoms with Crippen molar-refractivity contribution >= 4 is 24.2 Å². The number of aromatic nitrogens is 1. The fourth-order valence-electron chi connectivity index (χ4n) is 4.15. The molecular weight excluding hydrogens is 354 g/mol. The SMILES string of the molecule is Cc1cc(C)cc(-c2ccc3c([Si](C)(C)C)c(-c4ccccc4)ccc3n2)c1. The van der Waals surface area contributed by atoms with Crippen LogP contribution >= 0.6 is 0 Å². The van der Waals surface area contributed by atoms with Crippen LogP contribution in [0.4, 0.5) is 0 Å². The zero-order valence-electron chi connectivity index (χ0n) is 17.4. The first-order valence-corrected chi connectivity index (χ1v) is 13.4. The van der Waals surface area contributed by atoms with Crippen LogP contribution in [0.2, 0.25) is 19.6 Å². The molecule has 0 spiro atoms. The molecule has 3 aromatic carbocycles. The highest BCUT2D eigenvalue weighted by Gasteiger charge is 2.24. The first-order chi connectivity index (χ1) is 13.3. The van der Waals surface area contributed by atoms with Gasteiger partial charge in [0.1, 0.15) is 0 Å². The van der Waals surface area contributed by atoms with E-state index < -0.39 is 8.07 Å². The molecule has 0 atom stereocenters. The summed E-state index contributed by atoms with van der Waals surface area (Å²) in [6.07, 6.45) is 0. The van der Waals surface area contributed by atoms with Crippen LogP contribution in [0.15, 0.2) is 72.8 Å². The van der Waals surface area contributed by atoms with Crippen molar-refractivity contribution in [3.05, 3.63) is 83.9 Å². The van der Waals surface area contributed by atoms with E-state index in [4.69, 9.17) is 4.98 Å². The van der Waals surface area contributed by atoms with E-state index in [9.17, 15) is 0 Å². The van der Waals surface area contributed by atoms with Gasteiger partial charge in [-0.1, -0.05) is 79.3 Å². The highest BCUT2D eigenvalue weighted by Crippen LogP contribution is 2.28. The van der Waals surface area contributed by atoms with Crippen molar-refractivity contribution in [1.82, 2.24) is 4.98 Å². The van der Waals surface area contributed by atoms with Gasteiger partial charge in [-0.2, -0.15) is 0 Å². The van der Waals surface area contributed by atoms with Gasteiger partial charge in [0.2, 0.25) is 0 Å². The normalized spacial score (nSPS) is 11.8. The molecule has 0 saturated carbocycles. The molecule has 0 aliphatic rings. The van der Waals surface area contributed by atoms with Gasteiger partial charge in [0.05, 0.1) is 19.3 Å². The Morgan fingerprint density at radius 3 is 2.00 bits per heavy atom. The molecule has 1 nitrogen and oxygen atoms in total. The van der Waals surface area contributed by atoms with Crippen molar-refractivity contribution < 1.29 is 0 Å². The second kappa shape index (κ2) is 7.03. The summed E-state index contributed by atoms with van der Waals surface area (Å²) in [5.74, 6) is 0. The third-order valence-corrected chi connectivity index (χ3v) is 7.26. The quantitative estimate of drug-likeness (QED) is 0.358. The number of pyridine rings is 1. The van der Waals surface area contributed by atoms with Crippen LogP contribution < -0.4 is 5.19 Å². The summed E-state index contributed by atoms with van der Waals surface area (Å²) < 4.78 is 0. The Hall–Kier alpha value is -2.71. The fraction of sp³-hybridized carbons (Fsp3) is 0.192. The number of rotatable bonds is 3. The Labute approximate surface area is 169 Å². The molecule has 0 amide bonds. The number of nitrogens with zero attached hydrogens (tertiary/aromatic N) is 1. The van der Waals surface area contributed by atoms with Crippen LogP contribution in [0.3, 0.4) is 0 Å². The van der Waals surface area contributed by atoms with Gasteiger partial charge in [-0.05, 0) is 54.4 Å². The molecule has 140 valence electrons. The van der Waals surface area contributed by atoms with Crippen molar-refractivity contribution in [2.45, 2.75) is 33.5 Å². The summed E-state index contributed by atoms with van der Waals surface area (Å²) in [5.41, 5.74) is 8.54. The van der Waals surface area contributed by atoms with Crippen LogP contribution in [0.5, 0.6) is 0 Å². The predicted octanol–water partition coefficient (Wildman–Crippen LogP) is 6.73. The molecule has 0 saturated heterocycles. The third-order valence-electron chi connectivity index (χ3n) is 5.22. The van der Waals surface area contributed by atoms with Gasteiger partial charge in [0.25, 0.3) is 0 Å². The first-order valence-electron chi connectivity index (χ1n) is 9.91. The van der Waals surface area contributed by atoms with Crippen molar-refractivity contribution in [3.63, 3.8) is 0 Å². The molecule has 0 N–H and O–H groups in total. The largest absolute Gasteiger partial charge is 0.248 e. The van der Waals surface area contributed by atoms with Crippen LogP contribution in [0.1, 0.15) is 11.1 Å². The van der Waals surface area contributed by atoms with E-state index in [2.05, 4.69) is 106 Å². The van der Waals surface area contributed by atoms with Crippen molar-refractivity contribution in [1.29, 1.82) is 0 Å². The average Bonchev–Trinajstić information content (AvgIpc) is 2.65. The molecular formula is C26H27NSi. The van der Waals surface area contributed by atoms with Gasteiger partial charge in [-0.25, -0.2) is 4.98 Å². The topological polar surface area (TPSA) is 12.9 Å². The zero-order chi connectivity index (χ0) is 19.9. The molecule has 1 heterocycles. The summed E-state index contributed by atoms with van der Waals surface area (Å²) in [7, 11) is -1.58. The number of aryl methyl sites for hydroxylation is 2. The molecule has 4 rings (SSSR count). The molecule has 0 aliphatic carbocycles. The highest BCUT2D eigenvalue weighted by atomic mass is 28.3. The number of hydrogen-bond donors (Lipinski definition) is 0. The minimum Gasteiger partial charge on any atom is -0.248 e. The second-order valence-corrected chi connectivity index (χ2v) is 13.7. The van der Waals surface area contributed by atoms with Gasteiger partial charge in [-0.3, -0.25) is 0 Å². The standard InChI is InChI=1S/C26H27NSi/c1-18-15-19(2)17-21(16-18)24-13-12-23-25(27-24)14-11-22(26(23)28(3,4)5)20-9-7-6-8-10-20/h6-17H,1-5H3. The van der Waals surface area contributed by atoms with Gasteiger partial charge in [-0.15, -0.1) is 0 Å². The van der Waals surface area contributed by atoms with Crippen molar-refractivity contribution in [2.75, 3.05) is 0 Å². The van der Waals surface area contributed by atoms with E-state index in [-0.39, 0.29) is 0 Å². The predicted molar refractivity (Wildman–Crippen MR) is 125 cm³/mol. The Morgan fingerprint density at radius 2 is 1.36 bits per heavy atom. The number of benzene rings is 3. The lowest BCUT2D eigenvalue weighted by atomic mass is 10.0. The molecule has 0 radical (unpaired) electrons. The van der Waals surface area contributed by atoms with E-state index in [1.165, 1.54) is 38.4 Å². The fourth-order valence-corrected chi connectivity index (χ4v) is 6.21. The lowest BCUT2D eigenvalue weighted by Crippen LogP contribution is -2.39. The molecule has 1 aromatic heterocycles. The summed E-state index contributed by atoms with van der Waals surface area (Å²) >= 11 is 0. The average molecular weight is 382 g/mol. The lowest BCUT2D eigenvalue weighted by Gasteiger charge is -2.24. The maximum Gasteiger partial charge on any atom is 0.0793 e. The van der Waals surface area contributed by atoms with E-state index >= 15 is 0 Å². The Balaban J connectivity index is 1.95. The van der Waals surface area contributed by atoms with Crippen molar-refractivity contribution in [3.8, 4) is 22.4 Å². The van der Waals surface area contributed by atoms with Crippen LogP contribution in [0.25, 0.3) is 33.3 Å². The van der Waals surface area contributed by atoms with Crippen LogP contribution in [0, 0.1) is 13.8 Å². The lowest BCUT2D eigenvalue weighted by molar-refractivity contribution is 1.34. The molecule has 4 aromatic rings. The maximum atomic E-state index is 5.06. The van der Waals surface area contributed by atoms with E-state index in [0.29, 0.717) is 0 Å². The zero-order valence-corrected chi connectivity index (χ0v) is 18.4. The highest BCUT2D eigenvalue weighted by molar-refractivity contribution is 6.91. The molecule has 28 heavy (non-hydrogen) atoms. The van der Waals surface area contributed by atoms with Crippen LogP contribution in [-0.4, -0.2) is 13.1 Å². The van der Waals surface area contributed by atoms with Gasteiger partial charge in [0.15, 0.2) is 0 Å². The second-order valence-electron chi connectivity index (χ2n) is 8.74.